The van der Waals surface area contributed by atoms with Gasteiger partial charge in [0.2, 0.25) is 0 Å². The summed E-state index contributed by atoms with van der Waals surface area (Å²) in [6, 6.07) is 8.28. The van der Waals surface area contributed by atoms with Gasteiger partial charge in [-0.3, -0.25) is 0 Å². The number of benzene rings is 1. The monoisotopic (exact) mass is 353 g/mol. The minimum absolute atomic E-state index is 0.0699. The molecular formula is C18H21Cl2NO2. The van der Waals surface area contributed by atoms with E-state index in [0.29, 0.717) is 17.9 Å². The number of rotatable bonds is 5. The Morgan fingerprint density at radius 3 is 2.61 bits per heavy atom. The van der Waals surface area contributed by atoms with E-state index in [2.05, 4.69) is 6.07 Å². The molecule has 3 nitrogen and oxygen atoms in total. The summed E-state index contributed by atoms with van der Waals surface area (Å²) >= 11 is 12.9. The largest absolute Gasteiger partial charge is 0.493 e. The zero-order valence-corrected chi connectivity index (χ0v) is 15.1. The molecule has 0 bridgehead atoms. The van der Waals surface area contributed by atoms with E-state index in [0.717, 1.165) is 18.4 Å². The van der Waals surface area contributed by atoms with Crippen molar-refractivity contribution in [2.45, 2.75) is 49.0 Å². The second kappa shape index (κ2) is 5.76. The van der Waals surface area contributed by atoms with Gasteiger partial charge in [0.15, 0.2) is 11.5 Å². The van der Waals surface area contributed by atoms with Crippen molar-refractivity contribution in [1.29, 1.82) is 5.26 Å². The standard InChI is InChI=1S/C18H21Cl2NO2/c1-11(2)23-14-5-4-12(10-15(14)22-3)17(8-9-21)7-6-13-16(17)18(13,19)20/h4-5,10-11,13,16H,6-8H2,1-3H3/t13-,16-,17+/m1/s1. The van der Waals surface area contributed by atoms with Crippen LogP contribution in [0.25, 0.3) is 0 Å². The number of methoxy groups -OCH3 is 1. The quantitative estimate of drug-likeness (QED) is 0.710. The van der Waals surface area contributed by atoms with E-state index < -0.39 is 4.33 Å². The molecule has 0 spiro atoms. The fraction of sp³-hybridized carbons (Fsp3) is 0.611. The summed E-state index contributed by atoms with van der Waals surface area (Å²) in [7, 11) is 1.63. The Kier molecular flexibility index (Phi) is 4.19. The molecule has 124 valence electrons. The number of nitriles is 1. The minimum atomic E-state index is -0.699. The van der Waals surface area contributed by atoms with E-state index in [-0.39, 0.29) is 23.4 Å². The lowest BCUT2D eigenvalue weighted by Gasteiger charge is -2.32. The van der Waals surface area contributed by atoms with E-state index in [4.69, 9.17) is 32.7 Å². The minimum Gasteiger partial charge on any atom is -0.493 e. The van der Waals surface area contributed by atoms with Crippen LogP contribution in [0.3, 0.4) is 0 Å². The first-order valence-corrected chi connectivity index (χ1v) is 8.72. The highest BCUT2D eigenvalue weighted by atomic mass is 35.5. The molecule has 0 aliphatic heterocycles. The summed E-state index contributed by atoms with van der Waals surface area (Å²) in [4.78, 5) is 0. The highest BCUT2D eigenvalue weighted by molar-refractivity contribution is 6.51. The van der Waals surface area contributed by atoms with E-state index in [1.165, 1.54) is 0 Å². The summed E-state index contributed by atoms with van der Waals surface area (Å²) < 4.78 is 10.6. The van der Waals surface area contributed by atoms with Crippen molar-refractivity contribution >= 4 is 23.2 Å². The highest BCUT2D eigenvalue weighted by Gasteiger charge is 2.74. The number of nitrogens with zero attached hydrogens (tertiary/aromatic N) is 1. The van der Waals surface area contributed by atoms with E-state index >= 15 is 0 Å². The maximum absolute atomic E-state index is 9.37. The zero-order chi connectivity index (χ0) is 16.8. The Morgan fingerprint density at radius 2 is 2.09 bits per heavy atom. The molecule has 0 amide bonds. The zero-order valence-electron chi connectivity index (χ0n) is 13.6. The van der Waals surface area contributed by atoms with Gasteiger partial charge in [-0.2, -0.15) is 5.26 Å². The first-order chi connectivity index (χ1) is 10.9. The van der Waals surface area contributed by atoms with Crippen LogP contribution in [0.5, 0.6) is 11.5 Å². The smallest absolute Gasteiger partial charge is 0.161 e. The van der Waals surface area contributed by atoms with Gasteiger partial charge in [-0.15, -0.1) is 23.2 Å². The average Bonchev–Trinajstić information content (AvgIpc) is 2.86. The molecule has 0 N–H and O–H groups in total. The molecule has 2 saturated carbocycles. The number of hydrogen-bond acceptors (Lipinski definition) is 3. The van der Waals surface area contributed by atoms with Crippen molar-refractivity contribution < 1.29 is 9.47 Å². The van der Waals surface area contributed by atoms with Crippen molar-refractivity contribution in [2.75, 3.05) is 7.11 Å². The lowest BCUT2D eigenvalue weighted by Crippen LogP contribution is -2.29. The Bertz CT molecular complexity index is 653. The predicted octanol–water partition coefficient (Wildman–Crippen LogP) is 4.85. The van der Waals surface area contributed by atoms with Crippen molar-refractivity contribution in [3.05, 3.63) is 23.8 Å². The van der Waals surface area contributed by atoms with Crippen LogP contribution >= 0.6 is 23.2 Å². The summed E-state index contributed by atoms with van der Waals surface area (Å²) in [6.45, 7) is 3.96. The second-order valence-corrected chi connectivity index (χ2v) is 8.26. The number of ether oxygens (including phenoxy) is 2. The lowest BCUT2D eigenvalue weighted by molar-refractivity contribution is 0.229. The molecule has 2 aliphatic rings. The topological polar surface area (TPSA) is 42.2 Å². The molecular weight excluding hydrogens is 333 g/mol. The third-order valence-electron chi connectivity index (χ3n) is 5.19. The fourth-order valence-corrected chi connectivity index (χ4v) is 5.23. The van der Waals surface area contributed by atoms with Crippen LogP contribution in [-0.2, 0) is 5.41 Å². The fourth-order valence-electron chi connectivity index (χ4n) is 4.17. The highest BCUT2D eigenvalue weighted by Crippen LogP contribution is 2.74. The first kappa shape index (κ1) is 16.7. The Balaban J connectivity index is 2.00. The van der Waals surface area contributed by atoms with Gasteiger partial charge in [0.05, 0.1) is 19.3 Å². The van der Waals surface area contributed by atoms with Crippen LogP contribution in [0.15, 0.2) is 18.2 Å². The summed E-state index contributed by atoms with van der Waals surface area (Å²) in [5.74, 6) is 1.83. The molecule has 0 aromatic heterocycles. The summed E-state index contributed by atoms with van der Waals surface area (Å²) in [5.41, 5.74) is 0.787. The molecule has 3 atom stereocenters. The molecule has 0 heterocycles. The summed E-state index contributed by atoms with van der Waals surface area (Å²) in [6.07, 6.45) is 2.39. The van der Waals surface area contributed by atoms with Crippen molar-refractivity contribution in [3.8, 4) is 17.6 Å². The van der Waals surface area contributed by atoms with Crippen LogP contribution in [0, 0.1) is 23.2 Å². The number of alkyl halides is 2. The first-order valence-electron chi connectivity index (χ1n) is 7.96. The van der Waals surface area contributed by atoms with Crippen molar-refractivity contribution in [1.82, 2.24) is 0 Å². The van der Waals surface area contributed by atoms with Gasteiger partial charge in [0, 0.05) is 17.8 Å². The third kappa shape index (κ3) is 2.57. The third-order valence-corrected chi connectivity index (χ3v) is 6.23. The lowest BCUT2D eigenvalue weighted by atomic mass is 9.73. The van der Waals surface area contributed by atoms with Gasteiger partial charge >= 0.3 is 0 Å². The molecule has 2 aliphatic carbocycles. The van der Waals surface area contributed by atoms with Gasteiger partial charge in [0.1, 0.15) is 4.33 Å². The van der Waals surface area contributed by atoms with E-state index in [1.54, 1.807) is 7.11 Å². The van der Waals surface area contributed by atoms with Gasteiger partial charge in [0.25, 0.3) is 0 Å². The maximum atomic E-state index is 9.37. The van der Waals surface area contributed by atoms with Gasteiger partial charge in [-0.25, -0.2) is 0 Å². The molecule has 0 saturated heterocycles. The number of fused-ring (bicyclic) bond motifs is 1. The molecule has 3 rings (SSSR count). The van der Waals surface area contributed by atoms with E-state index in [1.807, 2.05) is 32.0 Å². The normalized spacial score (nSPS) is 30.7. The van der Waals surface area contributed by atoms with Crippen LogP contribution in [-0.4, -0.2) is 17.5 Å². The molecule has 1 aromatic carbocycles. The predicted molar refractivity (Wildman–Crippen MR) is 91.3 cm³/mol. The van der Waals surface area contributed by atoms with Crippen molar-refractivity contribution in [2.24, 2.45) is 11.8 Å². The number of hydrogen-bond donors (Lipinski definition) is 0. The van der Waals surface area contributed by atoms with Gasteiger partial charge < -0.3 is 9.47 Å². The van der Waals surface area contributed by atoms with Crippen LogP contribution in [0.2, 0.25) is 0 Å². The second-order valence-electron chi connectivity index (χ2n) is 6.82. The molecule has 1 aromatic rings. The Hall–Kier alpha value is -1.11. The SMILES string of the molecule is COc1cc([C@@]2(CC#N)CC[C@@H]3[C@H]2C3(Cl)Cl)ccc1OC(C)C. The van der Waals surface area contributed by atoms with Crippen LogP contribution in [0.4, 0.5) is 0 Å². The van der Waals surface area contributed by atoms with E-state index in [9.17, 15) is 5.26 Å². The molecule has 0 unspecified atom stereocenters. The van der Waals surface area contributed by atoms with Crippen LogP contribution < -0.4 is 9.47 Å². The molecule has 23 heavy (non-hydrogen) atoms. The number of halogens is 2. The Labute approximate surface area is 147 Å². The van der Waals surface area contributed by atoms with Crippen molar-refractivity contribution in [3.63, 3.8) is 0 Å². The molecule has 5 heteroatoms. The van der Waals surface area contributed by atoms with Crippen LogP contribution in [0.1, 0.15) is 38.7 Å². The average molecular weight is 354 g/mol. The maximum Gasteiger partial charge on any atom is 0.161 e. The molecule has 0 radical (unpaired) electrons. The van der Waals surface area contributed by atoms with Gasteiger partial charge in [-0.05, 0) is 50.3 Å². The molecule has 2 fully saturated rings. The summed E-state index contributed by atoms with van der Waals surface area (Å²) in [5, 5.41) is 9.37. The van der Waals surface area contributed by atoms with Gasteiger partial charge in [-0.1, -0.05) is 6.07 Å². The Morgan fingerprint density at radius 1 is 1.35 bits per heavy atom.